The summed E-state index contributed by atoms with van der Waals surface area (Å²) in [7, 11) is 1.64. The van der Waals surface area contributed by atoms with Crippen molar-refractivity contribution in [2.45, 2.75) is 19.8 Å². The Labute approximate surface area is 82.5 Å². The van der Waals surface area contributed by atoms with E-state index >= 15 is 0 Å². The summed E-state index contributed by atoms with van der Waals surface area (Å²) in [5.74, 6) is 1.16. The number of hydrogen-bond donors (Lipinski definition) is 0. The second-order valence-electron chi connectivity index (χ2n) is 3.49. The number of imidazole rings is 1. The van der Waals surface area contributed by atoms with Crippen LogP contribution in [0.4, 0.5) is 0 Å². The van der Waals surface area contributed by atoms with E-state index in [1.807, 2.05) is 12.3 Å². The molecule has 74 valence electrons. The predicted molar refractivity (Wildman–Crippen MR) is 53.6 cm³/mol. The summed E-state index contributed by atoms with van der Waals surface area (Å²) in [6.45, 7) is 4.21. The molecule has 0 aromatic carbocycles. The molecule has 2 aromatic rings. The number of rotatable bonds is 2. The first kappa shape index (κ1) is 8.99. The van der Waals surface area contributed by atoms with Gasteiger partial charge >= 0.3 is 0 Å². The molecule has 4 heteroatoms. The minimum Gasteiger partial charge on any atom is -0.493 e. The number of nitrogens with zero attached hydrogens (tertiary/aromatic N) is 3. The molecule has 0 fully saturated rings. The molecule has 2 heterocycles. The van der Waals surface area contributed by atoms with Crippen molar-refractivity contribution in [3.63, 3.8) is 0 Å². The Kier molecular flexibility index (Phi) is 2.11. The van der Waals surface area contributed by atoms with E-state index in [9.17, 15) is 0 Å². The standard InChI is InChI=1S/C10H13N3O/c1-7(2)8-6-13-10(12-8)9(14-3)4-5-11-13/h4-7H,1-3H3. The highest BCUT2D eigenvalue weighted by molar-refractivity contribution is 5.53. The fourth-order valence-corrected chi connectivity index (χ4v) is 1.33. The number of hydrogen-bond acceptors (Lipinski definition) is 3. The van der Waals surface area contributed by atoms with Crippen molar-refractivity contribution in [3.05, 3.63) is 24.2 Å². The van der Waals surface area contributed by atoms with E-state index in [-0.39, 0.29) is 0 Å². The largest absolute Gasteiger partial charge is 0.493 e. The van der Waals surface area contributed by atoms with Gasteiger partial charge in [-0.05, 0) is 5.92 Å². The molecule has 0 saturated heterocycles. The molecular weight excluding hydrogens is 178 g/mol. The second-order valence-corrected chi connectivity index (χ2v) is 3.49. The zero-order valence-corrected chi connectivity index (χ0v) is 8.56. The number of ether oxygens (including phenoxy) is 1. The fourth-order valence-electron chi connectivity index (χ4n) is 1.33. The molecule has 0 atom stereocenters. The van der Waals surface area contributed by atoms with E-state index in [2.05, 4.69) is 23.9 Å². The Bertz CT molecular complexity index is 448. The summed E-state index contributed by atoms with van der Waals surface area (Å²) in [5.41, 5.74) is 1.81. The zero-order valence-electron chi connectivity index (χ0n) is 8.56. The van der Waals surface area contributed by atoms with Gasteiger partial charge in [-0.15, -0.1) is 0 Å². The fraction of sp³-hybridized carbons (Fsp3) is 0.400. The molecule has 2 rings (SSSR count). The molecule has 0 amide bonds. The third kappa shape index (κ3) is 1.32. The van der Waals surface area contributed by atoms with Gasteiger partial charge in [-0.25, -0.2) is 9.50 Å². The maximum atomic E-state index is 5.20. The summed E-state index contributed by atoms with van der Waals surface area (Å²) in [6.07, 6.45) is 3.64. The lowest BCUT2D eigenvalue weighted by Gasteiger charge is -1.99. The first-order valence-electron chi connectivity index (χ1n) is 4.60. The number of fused-ring (bicyclic) bond motifs is 1. The molecule has 14 heavy (non-hydrogen) atoms. The lowest BCUT2D eigenvalue weighted by molar-refractivity contribution is 0.415. The van der Waals surface area contributed by atoms with Crippen molar-refractivity contribution in [2.24, 2.45) is 0 Å². The molecule has 0 radical (unpaired) electrons. The predicted octanol–water partition coefficient (Wildman–Crippen LogP) is 1.86. The van der Waals surface area contributed by atoms with Crippen LogP contribution in [0, 0.1) is 0 Å². The van der Waals surface area contributed by atoms with Crippen LogP contribution in [0.2, 0.25) is 0 Å². The van der Waals surface area contributed by atoms with Gasteiger partial charge < -0.3 is 4.74 Å². The van der Waals surface area contributed by atoms with Crippen molar-refractivity contribution in [2.75, 3.05) is 7.11 Å². The minimum atomic E-state index is 0.404. The second kappa shape index (κ2) is 3.29. The van der Waals surface area contributed by atoms with Gasteiger partial charge in [-0.3, -0.25) is 0 Å². The maximum Gasteiger partial charge on any atom is 0.196 e. The third-order valence-electron chi connectivity index (χ3n) is 2.16. The van der Waals surface area contributed by atoms with E-state index < -0.39 is 0 Å². The number of methoxy groups -OCH3 is 1. The van der Waals surface area contributed by atoms with Gasteiger partial charge in [-0.2, -0.15) is 5.10 Å². The Morgan fingerprint density at radius 3 is 2.86 bits per heavy atom. The molecule has 0 aliphatic rings. The van der Waals surface area contributed by atoms with Crippen LogP contribution in [0.5, 0.6) is 5.75 Å². The molecule has 4 nitrogen and oxygen atoms in total. The van der Waals surface area contributed by atoms with Crippen molar-refractivity contribution < 1.29 is 4.74 Å². The van der Waals surface area contributed by atoms with Crippen LogP contribution in [0.15, 0.2) is 18.5 Å². The van der Waals surface area contributed by atoms with E-state index in [1.165, 1.54) is 0 Å². The quantitative estimate of drug-likeness (QED) is 0.727. The minimum absolute atomic E-state index is 0.404. The van der Waals surface area contributed by atoms with Gasteiger partial charge in [0.25, 0.3) is 0 Å². The monoisotopic (exact) mass is 191 g/mol. The first-order valence-corrected chi connectivity index (χ1v) is 4.60. The highest BCUT2D eigenvalue weighted by atomic mass is 16.5. The zero-order chi connectivity index (χ0) is 10.1. The van der Waals surface area contributed by atoms with Crippen molar-refractivity contribution >= 4 is 5.65 Å². The lowest BCUT2D eigenvalue weighted by atomic mass is 10.2. The Hall–Kier alpha value is -1.58. The molecule has 0 unspecified atom stereocenters. The van der Waals surface area contributed by atoms with Crippen molar-refractivity contribution in [3.8, 4) is 5.75 Å². The van der Waals surface area contributed by atoms with Gasteiger partial charge in [-0.1, -0.05) is 13.8 Å². The average Bonchev–Trinajstić information content (AvgIpc) is 2.60. The summed E-state index contributed by atoms with van der Waals surface area (Å²) >= 11 is 0. The summed E-state index contributed by atoms with van der Waals surface area (Å²) in [5, 5.41) is 4.17. The summed E-state index contributed by atoms with van der Waals surface area (Å²) in [6, 6.07) is 1.81. The molecule has 0 N–H and O–H groups in total. The summed E-state index contributed by atoms with van der Waals surface area (Å²) < 4.78 is 6.94. The Morgan fingerprint density at radius 2 is 2.21 bits per heavy atom. The molecule has 0 aliphatic carbocycles. The van der Waals surface area contributed by atoms with Crippen molar-refractivity contribution in [1.29, 1.82) is 0 Å². The lowest BCUT2D eigenvalue weighted by Crippen LogP contribution is -1.92. The van der Waals surface area contributed by atoms with Crippen LogP contribution in [-0.2, 0) is 0 Å². The van der Waals surface area contributed by atoms with Gasteiger partial charge in [0.2, 0.25) is 0 Å². The number of aromatic nitrogens is 3. The maximum absolute atomic E-state index is 5.20. The van der Waals surface area contributed by atoms with Crippen LogP contribution in [0.1, 0.15) is 25.5 Å². The van der Waals surface area contributed by atoms with Crippen LogP contribution in [0.3, 0.4) is 0 Å². The van der Waals surface area contributed by atoms with Crippen molar-refractivity contribution in [1.82, 2.24) is 14.6 Å². The van der Waals surface area contributed by atoms with Gasteiger partial charge in [0.05, 0.1) is 25.2 Å². The van der Waals surface area contributed by atoms with Gasteiger partial charge in [0.15, 0.2) is 11.4 Å². The molecule has 0 spiro atoms. The SMILES string of the molecule is COc1ccnn2cc(C(C)C)nc12. The topological polar surface area (TPSA) is 39.4 Å². The van der Waals surface area contributed by atoms with Gasteiger partial charge in [0, 0.05) is 6.07 Å². The first-order chi connectivity index (χ1) is 6.72. The van der Waals surface area contributed by atoms with E-state index in [1.54, 1.807) is 17.8 Å². The van der Waals surface area contributed by atoms with Crippen LogP contribution in [0.25, 0.3) is 5.65 Å². The average molecular weight is 191 g/mol. The molecule has 0 aliphatic heterocycles. The molecule has 2 aromatic heterocycles. The van der Waals surface area contributed by atoms with E-state index in [4.69, 9.17) is 4.74 Å². The van der Waals surface area contributed by atoms with Crippen LogP contribution >= 0.6 is 0 Å². The Morgan fingerprint density at radius 1 is 1.43 bits per heavy atom. The van der Waals surface area contributed by atoms with Gasteiger partial charge in [0.1, 0.15) is 0 Å². The molecule has 0 bridgehead atoms. The van der Waals surface area contributed by atoms with E-state index in [0.29, 0.717) is 5.92 Å². The Balaban J connectivity index is 2.64. The molecule has 0 saturated carbocycles. The summed E-state index contributed by atoms with van der Waals surface area (Å²) in [4.78, 5) is 4.46. The van der Waals surface area contributed by atoms with Crippen LogP contribution < -0.4 is 4.74 Å². The normalized spacial score (nSPS) is 11.1. The third-order valence-corrected chi connectivity index (χ3v) is 2.16. The molecular formula is C10H13N3O. The highest BCUT2D eigenvalue weighted by Crippen LogP contribution is 2.20. The van der Waals surface area contributed by atoms with Crippen LogP contribution in [-0.4, -0.2) is 21.7 Å². The van der Waals surface area contributed by atoms with E-state index in [0.717, 1.165) is 17.1 Å². The highest BCUT2D eigenvalue weighted by Gasteiger charge is 2.09. The smallest absolute Gasteiger partial charge is 0.196 e.